The maximum Gasteiger partial charge on any atom is 0.122 e. The standard InChI is InChI=1S/C11H13N3OS/c1-14-6-8(5-12-14)9-7-16-11(13-9)10-3-2-4-15-10/h5-7,10H,2-4H2,1H3. The van der Waals surface area contributed by atoms with Crippen molar-refractivity contribution in [1.29, 1.82) is 0 Å². The topological polar surface area (TPSA) is 39.9 Å². The summed E-state index contributed by atoms with van der Waals surface area (Å²) in [6.07, 6.45) is 6.28. The average molecular weight is 235 g/mol. The number of nitrogens with zero attached hydrogens (tertiary/aromatic N) is 3. The lowest BCUT2D eigenvalue weighted by molar-refractivity contribution is 0.112. The third kappa shape index (κ3) is 1.76. The maximum absolute atomic E-state index is 5.62. The van der Waals surface area contributed by atoms with Gasteiger partial charge < -0.3 is 4.74 Å². The summed E-state index contributed by atoms with van der Waals surface area (Å²) in [6, 6.07) is 0. The highest BCUT2D eigenvalue weighted by atomic mass is 32.1. The molecule has 1 aliphatic heterocycles. The summed E-state index contributed by atoms with van der Waals surface area (Å²) in [6.45, 7) is 0.868. The average Bonchev–Trinajstić information content (AvgIpc) is 2.97. The van der Waals surface area contributed by atoms with Crippen LogP contribution in [0.15, 0.2) is 17.8 Å². The number of aryl methyl sites for hydroxylation is 1. The van der Waals surface area contributed by atoms with E-state index in [1.807, 2.05) is 19.4 Å². The van der Waals surface area contributed by atoms with Gasteiger partial charge in [-0.2, -0.15) is 5.10 Å². The molecule has 0 saturated carbocycles. The molecule has 1 fully saturated rings. The summed E-state index contributed by atoms with van der Waals surface area (Å²) in [7, 11) is 1.91. The van der Waals surface area contributed by atoms with Crippen molar-refractivity contribution in [3.63, 3.8) is 0 Å². The van der Waals surface area contributed by atoms with Crippen molar-refractivity contribution < 1.29 is 4.74 Å². The molecule has 1 unspecified atom stereocenters. The zero-order valence-electron chi connectivity index (χ0n) is 9.09. The van der Waals surface area contributed by atoms with Crippen molar-refractivity contribution >= 4 is 11.3 Å². The molecule has 0 N–H and O–H groups in total. The van der Waals surface area contributed by atoms with Gasteiger partial charge in [-0.05, 0) is 12.8 Å². The summed E-state index contributed by atoms with van der Waals surface area (Å²) in [4.78, 5) is 4.62. The predicted octanol–water partition coefficient (Wildman–Crippen LogP) is 2.40. The Hall–Kier alpha value is -1.20. The summed E-state index contributed by atoms with van der Waals surface area (Å²) in [5, 5.41) is 7.32. The van der Waals surface area contributed by atoms with Gasteiger partial charge in [0.05, 0.1) is 11.9 Å². The molecule has 0 spiro atoms. The van der Waals surface area contributed by atoms with Gasteiger partial charge in [0, 0.05) is 30.8 Å². The van der Waals surface area contributed by atoms with Crippen molar-refractivity contribution in [2.75, 3.05) is 6.61 Å². The Balaban J connectivity index is 1.87. The smallest absolute Gasteiger partial charge is 0.122 e. The van der Waals surface area contributed by atoms with Crippen molar-refractivity contribution in [2.24, 2.45) is 7.05 Å². The van der Waals surface area contributed by atoms with E-state index in [4.69, 9.17) is 4.74 Å². The molecule has 3 heterocycles. The number of aromatic nitrogens is 3. The molecule has 1 atom stereocenters. The van der Waals surface area contributed by atoms with Crippen LogP contribution in [0.25, 0.3) is 11.3 Å². The Labute approximate surface area is 97.9 Å². The first-order valence-corrected chi connectivity index (χ1v) is 6.27. The molecule has 5 heteroatoms. The summed E-state index contributed by atoms with van der Waals surface area (Å²) in [5.41, 5.74) is 2.08. The van der Waals surface area contributed by atoms with E-state index in [-0.39, 0.29) is 6.10 Å². The second-order valence-electron chi connectivity index (χ2n) is 3.98. The van der Waals surface area contributed by atoms with E-state index in [0.717, 1.165) is 35.7 Å². The van der Waals surface area contributed by atoms with Crippen LogP contribution in [-0.4, -0.2) is 21.4 Å². The molecule has 16 heavy (non-hydrogen) atoms. The van der Waals surface area contributed by atoms with Crippen molar-refractivity contribution in [1.82, 2.24) is 14.8 Å². The lowest BCUT2D eigenvalue weighted by Gasteiger charge is -2.03. The molecule has 0 bridgehead atoms. The number of ether oxygens (including phenoxy) is 1. The summed E-state index contributed by atoms with van der Waals surface area (Å²) in [5.74, 6) is 0. The molecular formula is C11H13N3OS. The van der Waals surface area contributed by atoms with Gasteiger partial charge in [-0.15, -0.1) is 11.3 Å². The lowest BCUT2D eigenvalue weighted by Crippen LogP contribution is -1.94. The van der Waals surface area contributed by atoms with Gasteiger partial charge in [-0.1, -0.05) is 0 Å². The first kappa shape index (κ1) is 9.99. The Kier molecular flexibility index (Phi) is 2.49. The Bertz CT molecular complexity index is 485. The highest BCUT2D eigenvalue weighted by Crippen LogP contribution is 2.32. The summed E-state index contributed by atoms with van der Waals surface area (Å²) >= 11 is 1.68. The molecule has 0 aromatic carbocycles. The number of hydrogen-bond acceptors (Lipinski definition) is 4. The van der Waals surface area contributed by atoms with Crippen molar-refractivity contribution in [2.45, 2.75) is 18.9 Å². The molecule has 0 amide bonds. The van der Waals surface area contributed by atoms with Crippen LogP contribution >= 0.6 is 11.3 Å². The molecular weight excluding hydrogens is 222 g/mol. The maximum atomic E-state index is 5.62. The quantitative estimate of drug-likeness (QED) is 0.802. The van der Waals surface area contributed by atoms with Crippen LogP contribution in [0.5, 0.6) is 0 Å². The van der Waals surface area contributed by atoms with E-state index in [9.17, 15) is 0 Å². The van der Waals surface area contributed by atoms with E-state index in [2.05, 4.69) is 15.5 Å². The van der Waals surface area contributed by atoms with Gasteiger partial charge in [0.2, 0.25) is 0 Å². The zero-order valence-corrected chi connectivity index (χ0v) is 9.91. The Morgan fingerprint density at radius 3 is 3.19 bits per heavy atom. The number of rotatable bonds is 2. The fourth-order valence-corrected chi connectivity index (χ4v) is 2.80. The predicted molar refractivity (Wildman–Crippen MR) is 62.2 cm³/mol. The molecule has 84 valence electrons. The molecule has 1 saturated heterocycles. The van der Waals surface area contributed by atoms with E-state index in [0.29, 0.717) is 0 Å². The summed E-state index contributed by atoms with van der Waals surface area (Å²) < 4.78 is 7.41. The van der Waals surface area contributed by atoms with E-state index < -0.39 is 0 Å². The fraction of sp³-hybridized carbons (Fsp3) is 0.455. The molecule has 2 aromatic heterocycles. The van der Waals surface area contributed by atoms with Gasteiger partial charge >= 0.3 is 0 Å². The Morgan fingerprint density at radius 2 is 2.50 bits per heavy atom. The largest absolute Gasteiger partial charge is 0.371 e. The lowest BCUT2D eigenvalue weighted by atomic mass is 10.2. The monoisotopic (exact) mass is 235 g/mol. The molecule has 2 aromatic rings. The number of hydrogen-bond donors (Lipinski definition) is 0. The molecule has 3 rings (SSSR count). The fourth-order valence-electron chi connectivity index (χ4n) is 1.89. The normalized spacial score (nSPS) is 20.4. The minimum absolute atomic E-state index is 0.218. The molecule has 1 aliphatic rings. The van der Waals surface area contributed by atoms with Crippen LogP contribution < -0.4 is 0 Å². The molecule has 4 nitrogen and oxygen atoms in total. The van der Waals surface area contributed by atoms with Crippen molar-refractivity contribution in [3.05, 3.63) is 22.8 Å². The first-order chi connectivity index (χ1) is 7.83. The van der Waals surface area contributed by atoms with Gasteiger partial charge in [-0.25, -0.2) is 4.98 Å². The van der Waals surface area contributed by atoms with E-state index in [1.54, 1.807) is 16.0 Å². The van der Waals surface area contributed by atoms with Crippen LogP contribution in [0.2, 0.25) is 0 Å². The van der Waals surface area contributed by atoms with Crippen LogP contribution in [0.4, 0.5) is 0 Å². The van der Waals surface area contributed by atoms with Crippen LogP contribution in [0, 0.1) is 0 Å². The van der Waals surface area contributed by atoms with Gasteiger partial charge in [-0.3, -0.25) is 4.68 Å². The van der Waals surface area contributed by atoms with Gasteiger partial charge in [0.15, 0.2) is 0 Å². The van der Waals surface area contributed by atoms with Crippen molar-refractivity contribution in [3.8, 4) is 11.3 Å². The van der Waals surface area contributed by atoms with Crippen LogP contribution in [0.1, 0.15) is 24.0 Å². The van der Waals surface area contributed by atoms with Crippen LogP contribution in [0.3, 0.4) is 0 Å². The third-order valence-corrected chi connectivity index (χ3v) is 3.66. The number of thiazole rings is 1. The highest BCUT2D eigenvalue weighted by Gasteiger charge is 2.21. The SMILES string of the molecule is Cn1cc(-c2csc(C3CCCO3)n2)cn1. The first-order valence-electron chi connectivity index (χ1n) is 5.39. The molecule has 0 aliphatic carbocycles. The minimum Gasteiger partial charge on any atom is -0.371 e. The minimum atomic E-state index is 0.218. The van der Waals surface area contributed by atoms with Gasteiger partial charge in [0.25, 0.3) is 0 Å². The third-order valence-electron chi connectivity index (χ3n) is 2.73. The van der Waals surface area contributed by atoms with E-state index >= 15 is 0 Å². The van der Waals surface area contributed by atoms with Crippen LogP contribution in [-0.2, 0) is 11.8 Å². The highest BCUT2D eigenvalue weighted by molar-refractivity contribution is 7.10. The second kappa shape index (κ2) is 3.99. The van der Waals surface area contributed by atoms with Gasteiger partial charge in [0.1, 0.15) is 11.1 Å². The zero-order chi connectivity index (χ0) is 11.0. The molecule has 0 radical (unpaired) electrons. The van der Waals surface area contributed by atoms with E-state index in [1.165, 1.54) is 0 Å². The second-order valence-corrected chi connectivity index (χ2v) is 4.87. The Morgan fingerprint density at radius 1 is 1.56 bits per heavy atom.